The van der Waals surface area contributed by atoms with Gasteiger partial charge in [-0.2, -0.15) is 0 Å². The molecule has 0 spiro atoms. The molecule has 2 aromatic carbocycles. The maximum atomic E-state index is 13.4. The van der Waals surface area contributed by atoms with Gasteiger partial charge in [-0.1, -0.05) is 22.9 Å². The largest absolute Gasteiger partial charge is 0.497 e. The first-order valence-corrected chi connectivity index (χ1v) is 13.7. The minimum Gasteiger partial charge on any atom is -0.497 e. The molecule has 1 aliphatic heterocycles. The standard InChI is InChI=1S/C23H26ClN3O5S2/c1-16-13-17(24)14-20-22(16)25-23(33-20)27(8-7-26-9-11-32-12-10-26)21(28)15-34(29,30)19-5-3-18(31-2)4-6-19/h3-6,13-14H,7-12,15H2,1-2H3. The number of morpholine rings is 1. The summed E-state index contributed by atoms with van der Waals surface area (Å²) in [5, 5.41) is 1.05. The van der Waals surface area contributed by atoms with Crippen LogP contribution in [-0.2, 0) is 19.4 Å². The Morgan fingerprint density at radius 2 is 1.94 bits per heavy atom. The number of carbonyl (C=O) groups is 1. The van der Waals surface area contributed by atoms with Gasteiger partial charge in [0.15, 0.2) is 15.0 Å². The number of carbonyl (C=O) groups excluding carboxylic acids is 1. The van der Waals surface area contributed by atoms with Gasteiger partial charge in [-0.3, -0.25) is 14.6 Å². The Balaban J connectivity index is 1.61. The second-order valence-corrected chi connectivity index (χ2v) is 11.4. The van der Waals surface area contributed by atoms with Crippen LogP contribution in [-0.4, -0.2) is 76.5 Å². The van der Waals surface area contributed by atoms with Crippen LogP contribution in [0.4, 0.5) is 5.13 Å². The molecule has 0 N–H and O–H groups in total. The Kier molecular flexibility index (Phi) is 7.73. The van der Waals surface area contributed by atoms with Gasteiger partial charge in [0.1, 0.15) is 11.5 Å². The van der Waals surface area contributed by atoms with Gasteiger partial charge < -0.3 is 9.47 Å². The number of sulfone groups is 1. The monoisotopic (exact) mass is 523 g/mol. The average molecular weight is 524 g/mol. The molecule has 8 nitrogen and oxygen atoms in total. The van der Waals surface area contributed by atoms with Crippen molar-refractivity contribution in [1.29, 1.82) is 0 Å². The van der Waals surface area contributed by atoms with Gasteiger partial charge >= 0.3 is 0 Å². The van der Waals surface area contributed by atoms with Crippen molar-refractivity contribution in [1.82, 2.24) is 9.88 Å². The van der Waals surface area contributed by atoms with E-state index in [2.05, 4.69) is 9.88 Å². The number of aryl methyl sites for hydroxylation is 1. The van der Waals surface area contributed by atoms with E-state index in [1.165, 1.54) is 35.5 Å². The van der Waals surface area contributed by atoms with Crippen molar-refractivity contribution in [2.24, 2.45) is 0 Å². The van der Waals surface area contributed by atoms with Crippen molar-refractivity contribution in [2.45, 2.75) is 11.8 Å². The number of nitrogens with zero attached hydrogens (tertiary/aromatic N) is 3. The molecule has 0 unspecified atom stereocenters. The number of fused-ring (bicyclic) bond motifs is 1. The highest BCUT2D eigenvalue weighted by Gasteiger charge is 2.27. The average Bonchev–Trinajstić information content (AvgIpc) is 3.23. The number of thiazole rings is 1. The van der Waals surface area contributed by atoms with Gasteiger partial charge in [0.25, 0.3) is 0 Å². The Morgan fingerprint density at radius 3 is 2.62 bits per heavy atom. The second kappa shape index (κ2) is 10.6. The van der Waals surface area contributed by atoms with E-state index < -0.39 is 21.5 Å². The summed E-state index contributed by atoms with van der Waals surface area (Å²) < 4.78 is 37.4. The lowest BCUT2D eigenvalue weighted by Gasteiger charge is -2.29. The van der Waals surface area contributed by atoms with Crippen LogP contribution in [0.2, 0.25) is 5.02 Å². The zero-order chi connectivity index (χ0) is 24.3. The lowest BCUT2D eigenvalue weighted by atomic mass is 10.2. The zero-order valence-electron chi connectivity index (χ0n) is 19.0. The molecule has 34 heavy (non-hydrogen) atoms. The summed E-state index contributed by atoms with van der Waals surface area (Å²) in [5.74, 6) is -0.634. The molecule has 3 aromatic rings. The van der Waals surface area contributed by atoms with Crippen LogP contribution in [0.15, 0.2) is 41.3 Å². The van der Waals surface area contributed by atoms with E-state index in [4.69, 9.17) is 21.1 Å². The summed E-state index contributed by atoms with van der Waals surface area (Å²) in [4.78, 5) is 21.8. The van der Waals surface area contributed by atoms with E-state index in [0.717, 1.165) is 28.9 Å². The fraction of sp³-hybridized carbons (Fsp3) is 0.391. The number of benzene rings is 2. The Hall–Kier alpha value is -2.24. The van der Waals surface area contributed by atoms with Crippen molar-refractivity contribution in [3.05, 3.63) is 47.0 Å². The van der Waals surface area contributed by atoms with Crippen LogP contribution < -0.4 is 9.64 Å². The molecule has 0 saturated carbocycles. The maximum absolute atomic E-state index is 13.4. The van der Waals surface area contributed by atoms with Gasteiger partial charge in [-0.15, -0.1) is 0 Å². The van der Waals surface area contributed by atoms with Crippen LogP contribution >= 0.6 is 22.9 Å². The fourth-order valence-corrected chi connectivity index (χ4v) is 6.42. The highest BCUT2D eigenvalue weighted by molar-refractivity contribution is 7.92. The van der Waals surface area contributed by atoms with Crippen molar-refractivity contribution < 1.29 is 22.7 Å². The van der Waals surface area contributed by atoms with Gasteiger partial charge in [0, 0.05) is 31.2 Å². The second-order valence-electron chi connectivity index (χ2n) is 8.00. The molecule has 182 valence electrons. The minimum atomic E-state index is -3.85. The first-order valence-electron chi connectivity index (χ1n) is 10.8. The summed E-state index contributed by atoms with van der Waals surface area (Å²) in [7, 11) is -2.34. The van der Waals surface area contributed by atoms with Gasteiger partial charge in [-0.25, -0.2) is 13.4 Å². The van der Waals surface area contributed by atoms with Gasteiger partial charge in [0.2, 0.25) is 5.91 Å². The lowest BCUT2D eigenvalue weighted by Crippen LogP contribution is -2.44. The molecule has 1 fully saturated rings. The predicted molar refractivity (Wildman–Crippen MR) is 134 cm³/mol. The molecule has 4 rings (SSSR count). The number of hydrogen-bond acceptors (Lipinski definition) is 8. The molecule has 1 amide bonds. The van der Waals surface area contributed by atoms with E-state index in [0.29, 0.717) is 42.2 Å². The summed E-state index contributed by atoms with van der Waals surface area (Å²) in [5.41, 5.74) is 1.66. The molecule has 0 radical (unpaired) electrons. The molecule has 0 atom stereocenters. The van der Waals surface area contributed by atoms with Crippen LogP contribution in [0.25, 0.3) is 10.2 Å². The predicted octanol–water partition coefficient (Wildman–Crippen LogP) is 3.41. The topological polar surface area (TPSA) is 89.0 Å². The molecule has 0 aliphatic carbocycles. The number of methoxy groups -OCH3 is 1. The van der Waals surface area contributed by atoms with Crippen molar-refractivity contribution >= 4 is 54.0 Å². The number of halogens is 1. The molecule has 1 aliphatic rings. The van der Waals surface area contributed by atoms with E-state index >= 15 is 0 Å². The van der Waals surface area contributed by atoms with E-state index in [1.807, 2.05) is 19.1 Å². The van der Waals surface area contributed by atoms with Crippen LogP contribution in [0, 0.1) is 6.92 Å². The lowest BCUT2D eigenvalue weighted by molar-refractivity contribution is -0.116. The highest BCUT2D eigenvalue weighted by Crippen LogP contribution is 2.33. The third-order valence-corrected chi connectivity index (χ3v) is 8.51. The fourth-order valence-electron chi connectivity index (χ4n) is 3.76. The van der Waals surface area contributed by atoms with E-state index in [-0.39, 0.29) is 4.90 Å². The summed E-state index contributed by atoms with van der Waals surface area (Å²) >= 11 is 7.54. The number of hydrogen-bond donors (Lipinski definition) is 0. The SMILES string of the molecule is COc1ccc(S(=O)(=O)CC(=O)N(CCN2CCOCC2)c2nc3c(C)cc(Cl)cc3s2)cc1. The summed E-state index contributed by atoms with van der Waals surface area (Å²) in [6, 6.07) is 9.65. The third kappa shape index (κ3) is 5.69. The van der Waals surface area contributed by atoms with Crippen molar-refractivity contribution in [2.75, 3.05) is 57.2 Å². The zero-order valence-corrected chi connectivity index (χ0v) is 21.4. The molecule has 1 aromatic heterocycles. The Bertz CT molecular complexity index is 1270. The molecule has 0 bridgehead atoms. The minimum absolute atomic E-state index is 0.0710. The van der Waals surface area contributed by atoms with E-state index in [9.17, 15) is 13.2 Å². The number of ether oxygens (including phenoxy) is 2. The first kappa shape index (κ1) is 24.9. The maximum Gasteiger partial charge on any atom is 0.244 e. The van der Waals surface area contributed by atoms with Gasteiger partial charge in [-0.05, 0) is 48.9 Å². The number of aromatic nitrogens is 1. The molecular weight excluding hydrogens is 498 g/mol. The van der Waals surface area contributed by atoms with Crippen molar-refractivity contribution in [3.63, 3.8) is 0 Å². The van der Waals surface area contributed by atoms with Crippen molar-refractivity contribution in [3.8, 4) is 5.75 Å². The Morgan fingerprint density at radius 1 is 1.24 bits per heavy atom. The first-order chi connectivity index (χ1) is 16.3. The molecule has 11 heteroatoms. The van der Waals surface area contributed by atoms with Crippen LogP contribution in [0.3, 0.4) is 0 Å². The molecular formula is C23H26ClN3O5S2. The third-order valence-electron chi connectivity index (χ3n) is 5.65. The quantitative estimate of drug-likeness (QED) is 0.447. The smallest absolute Gasteiger partial charge is 0.244 e. The number of anilines is 1. The van der Waals surface area contributed by atoms with Gasteiger partial charge in [0.05, 0.1) is 35.4 Å². The molecule has 1 saturated heterocycles. The molecule has 2 heterocycles. The van der Waals surface area contributed by atoms with E-state index in [1.54, 1.807) is 12.1 Å². The summed E-state index contributed by atoms with van der Waals surface area (Å²) in [6.07, 6.45) is 0. The Labute approximate surface area is 208 Å². The summed E-state index contributed by atoms with van der Waals surface area (Å²) in [6.45, 7) is 5.63. The number of amides is 1. The van der Waals surface area contributed by atoms with Crippen LogP contribution in [0.1, 0.15) is 5.56 Å². The number of rotatable bonds is 8. The highest BCUT2D eigenvalue weighted by atomic mass is 35.5. The van der Waals surface area contributed by atoms with Crippen LogP contribution in [0.5, 0.6) is 5.75 Å². The normalized spacial score (nSPS) is 14.9.